The molecule has 0 aliphatic heterocycles. The van der Waals surface area contributed by atoms with Gasteiger partial charge in [-0.25, -0.2) is 8.78 Å². The molecule has 0 heterocycles. The summed E-state index contributed by atoms with van der Waals surface area (Å²) >= 11 is 0. The topological polar surface area (TPSA) is 12.0 Å². The standard InChI is InChI=1S/C15H15F2N/c1-11-4-2-3-5-12(11)9-18-10-13-8-14(16)6-7-15(13)17/h2-8,18H,9-10H2,1H3. The van der Waals surface area contributed by atoms with Gasteiger partial charge < -0.3 is 5.32 Å². The lowest BCUT2D eigenvalue weighted by Gasteiger charge is -2.08. The third kappa shape index (κ3) is 3.14. The van der Waals surface area contributed by atoms with Crippen LogP contribution >= 0.6 is 0 Å². The first-order valence-electron chi connectivity index (χ1n) is 5.86. The maximum Gasteiger partial charge on any atom is 0.127 e. The summed E-state index contributed by atoms with van der Waals surface area (Å²) in [6.07, 6.45) is 0. The van der Waals surface area contributed by atoms with Gasteiger partial charge in [-0.1, -0.05) is 24.3 Å². The van der Waals surface area contributed by atoms with Crippen molar-refractivity contribution >= 4 is 0 Å². The van der Waals surface area contributed by atoms with E-state index < -0.39 is 5.82 Å². The fourth-order valence-corrected chi connectivity index (χ4v) is 1.82. The van der Waals surface area contributed by atoms with Crippen LogP contribution < -0.4 is 5.32 Å². The summed E-state index contributed by atoms with van der Waals surface area (Å²) < 4.78 is 26.3. The predicted octanol–water partition coefficient (Wildman–Crippen LogP) is 3.56. The molecule has 1 N–H and O–H groups in total. The van der Waals surface area contributed by atoms with E-state index in [2.05, 4.69) is 5.32 Å². The van der Waals surface area contributed by atoms with Gasteiger partial charge in [-0.3, -0.25) is 0 Å². The Labute approximate surface area is 105 Å². The van der Waals surface area contributed by atoms with Crippen LogP contribution in [-0.2, 0) is 13.1 Å². The van der Waals surface area contributed by atoms with Gasteiger partial charge in [0.15, 0.2) is 0 Å². The third-order valence-corrected chi connectivity index (χ3v) is 2.90. The molecule has 3 heteroatoms. The van der Waals surface area contributed by atoms with E-state index in [1.165, 1.54) is 11.6 Å². The van der Waals surface area contributed by atoms with E-state index in [9.17, 15) is 8.78 Å². The van der Waals surface area contributed by atoms with E-state index in [-0.39, 0.29) is 5.82 Å². The van der Waals surface area contributed by atoms with Crippen molar-refractivity contribution in [1.29, 1.82) is 0 Å². The number of aryl methyl sites for hydroxylation is 1. The SMILES string of the molecule is Cc1ccccc1CNCc1cc(F)ccc1F. The second-order valence-electron chi connectivity index (χ2n) is 4.27. The van der Waals surface area contributed by atoms with Crippen molar-refractivity contribution in [1.82, 2.24) is 5.32 Å². The summed E-state index contributed by atoms with van der Waals surface area (Å²) in [5.74, 6) is -0.794. The van der Waals surface area contributed by atoms with Gasteiger partial charge in [0.25, 0.3) is 0 Å². The van der Waals surface area contributed by atoms with E-state index in [1.807, 2.05) is 31.2 Å². The molecule has 2 aromatic carbocycles. The van der Waals surface area contributed by atoms with Crippen LogP contribution in [0, 0.1) is 18.6 Å². The Morgan fingerprint density at radius 2 is 1.67 bits per heavy atom. The highest BCUT2D eigenvalue weighted by molar-refractivity contribution is 5.25. The van der Waals surface area contributed by atoms with Crippen molar-refractivity contribution < 1.29 is 8.78 Å². The first kappa shape index (κ1) is 12.7. The zero-order valence-electron chi connectivity index (χ0n) is 10.2. The van der Waals surface area contributed by atoms with Crippen LogP contribution in [0.4, 0.5) is 8.78 Å². The summed E-state index contributed by atoms with van der Waals surface area (Å²) in [7, 11) is 0. The van der Waals surface area contributed by atoms with Gasteiger partial charge >= 0.3 is 0 Å². The normalized spacial score (nSPS) is 10.6. The lowest BCUT2D eigenvalue weighted by molar-refractivity contribution is 0.568. The number of hydrogen-bond acceptors (Lipinski definition) is 1. The summed E-state index contributed by atoms with van der Waals surface area (Å²) in [5.41, 5.74) is 2.70. The zero-order chi connectivity index (χ0) is 13.0. The summed E-state index contributed by atoms with van der Waals surface area (Å²) in [5, 5.41) is 3.12. The van der Waals surface area contributed by atoms with E-state index in [4.69, 9.17) is 0 Å². The summed E-state index contributed by atoms with van der Waals surface area (Å²) in [6, 6.07) is 11.5. The number of halogens is 2. The van der Waals surface area contributed by atoms with E-state index in [0.717, 1.165) is 17.7 Å². The van der Waals surface area contributed by atoms with Crippen LogP contribution in [0.3, 0.4) is 0 Å². The van der Waals surface area contributed by atoms with Crippen molar-refractivity contribution in [3.05, 3.63) is 70.8 Å². The Hall–Kier alpha value is -1.74. The van der Waals surface area contributed by atoms with E-state index in [0.29, 0.717) is 18.7 Å². The second-order valence-corrected chi connectivity index (χ2v) is 4.27. The van der Waals surface area contributed by atoms with E-state index in [1.54, 1.807) is 0 Å². The largest absolute Gasteiger partial charge is 0.308 e. The molecule has 2 aromatic rings. The fraction of sp³-hybridized carbons (Fsp3) is 0.200. The Morgan fingerprint density at radius 1 is 0.944 bits per heavy atom. The minimum Gasteiger partial charge on any atom is -0.308 e. The molecule has 0 saturated heterocycles. The van der Waals surface area contributed by atoms with Gasteiger partial charge in [-0.05, 0) is 36.2 Å². The molecular weight excluding hydrogens is 232 g/mol. The van der Waals surface area contributed by atoms with Gasteiger partial charge in [0.1, 0.15) is 11.6 Å². The van der Waals surface area contributed by atoms with Crippen molar-refractivity contribution in [2.45, 2.75) is 20.0 Å². The average Bonchev–Trinajstić information content (AvgIpc) is 2.36. The molecule has 0 aliphatic carbocycles. The molecule has 1 nitrogen and oxygen atoms in total. The second kappa shape index (κ2) is 5.74. The smallest absolute Gasteiger partial charge is 0.127 e. The number of hydrogen-bond donors (Lipinski definition) is 1. The van der Waals surface area contributed by atoms with Crippen LogP contribution in [0.2, 0.25) is 0 Å². The lowest BCUT2D eigenvalue weighted by Crippen LogP contribution is -2.14. The highest BCUT2D eigenvalue weighted by atomic mass is 19.1. The summed E-state index contributed by atoms with van der Waals surface area (Å²) in [4.78, 5) is 0. The summed E-state index contributed by atoms with van der Waals surface area (Å²) in [6.45, 7) is 2.99. The molecule has 0 atom stereocenters. The molecule has 0 spiro atoms. The van der Waals surface area contributed by atoms with Crippen molar-refractivity contribution in [3.8, 4) is 0 Å². The van der Waals surface area contributed by atoms with Gasteiger partial charge in [0.05, 0.1) is 0 Å². The van der Waals surface area contributed by atoms with Crippen LogP contribution in [0.5, 0.6) is 0 Å². The Morgan fingerprint density at radius 3 is 2.44 bits per heavy atom. The van der Waals surface area contributed by atoms with Crippen molar-refractivity contribution in [3.63, 3.8) is 0 Å². The van der Waals surface area contributed by atoms with Crippen molar-refractivity contribution in [2.75, 3.05) is 0 Å². The Kier molecular flexibility index (Phi) is 4.05. The van der Waals surface area contributed by atoms with Gasteiger partial charge in [-0.15, -0.1) is 0 Å². The molecule has 0 saturated carbocycles. The van der Waals surface area contributed by atoms with Gasteiger partial charge in [0, 0.05) is 18.7 Å². The monoisotopic (exact) mass is 247 g/mol. The van der Waals surface area contributed by atoms with Crippen LogP contribution in [0.15, 0.2) is 42.5 Å². The quantitative estimate of drug-likeness (QED) is 0.871. The molecule has 0 fully saturated rings. The molecule has 18 heavy (non-hydrogen) atoms. The fourth-order valence-electron chi connectivity index (χ4n) is 1.82. The van der Waals surface area contributed by atoms with Gasteiger partial charge in [0.2, 0.25) is 0 Å². The average molecular weight is 247 g/mol. The lowest BCUT2D eigenvalue weighted by atomic mass is 10.1. The molecule has 0 radical (unpaired) electrons. The highest BCUT2D eigenvalue weighted by Gasteiger charge is 2.03. The number of benzene rings is 2. The maximum absolute atomic E-state index is 13.4. The molecule has 0 unspecified atom stereocenters. The maximum atomic E-state index is 13.4. The minimum absolute atomic E-state index is 0.317. The van der Waals surface area contributed by atoms with Gasteiger partial charge in [-0.2, -0.15) is 0 Å². The van der Waals surface area contributed by atoms with Crippen molar-refractivity contribution in [2.24, 2.45) is 0 Å². The van der Waals surface area contributed by atoms with E-state index >= 15 is 0 Å². The minimum atomic E-state index is -0.413. The van der Waals surface area contributed by atoms with Crippen LogP contribution in [0.1, 0.15) is 16.7 Å². The first-order valence-corrected chi connectivity index (χ1v) is 5.86. The highest BCUT2D eigenvalue weighted by Crippen LogP contribution is 2.10. The molecule has 0 aliphatic rings. The Bertz CT molecular complexity index is 538. The molecule has 0 amide bonds. The molecule has 0 bridgehead atoms. The molecule has 94 valence electrons. The Balaban J connectivity index is 1.96. The number of nitrogens with one attached hydrogen (secondary N) is 1. The first-order chi connectivity index (χ1) is 8.66. The third-order valence-electron chi connectivity index (χ3n) is 2.90. The van der Waals surface area contributed by atoms with Crippen LogP contribution in [-0.4, -0.2) is 0 Å². The predicted molar refractivity (Wildman–Crippen MR) is 68.1 cm³/mol. The molecule has 2 rings (SSSR count). The molecule has 0 aromatic heterocycles. The number of rotatable bonds is 4. The molecular formula is C15H15F2N. The zero-order valence-corrected chi connectivity index (χ0v) is 10.2. The van der Waals surface area contributed by atoms with Crippen LogP contribution in [0.25, 0.3) is 0 Å².